The molecule has 0 N–H and O–H groups in total. The van der Waals surface area contributed by atoms with Gasteiger partial charge in [-0.2, -0.15) is 0 Å². The fourth-order valence-corrected chi connectivity index (χ4v) is 12.9. The van der Waals surface area contributed by atoms with Crippen LogP contribution >= 0.6 is 0 Å². The summed E-state index contributed by atoms with van der Waals surface area (Å²) in [5, 5.41) is 2.88. The van der Waals surface area contributed by atoms with E-state index in [1.807, 2.05) is 0 Å². The summed E-state index contributed by atoms with van der Waals surface area (Å²) in [6, 6.07) is 22.1. The minimum Gasteiger partial charge on any atom is -0.417 e. The first-order valence-electron chi connectivity index (χ1n) is 15.9. The Kier molecular flexibility index (Phi) is 11.1. The standard InChI is InChI=1S/C37H58O2Si3/c1-30(20-19-27-38-41(11,12)36(2,3)4)35-28-32(26-25-31(35)29-40(8,9)10)39-42(37(5,6)7,33-21-15-13-16-22-33)34-23-17-14-18-24-34/h13-18,20-24,28-29,32H,19,25-27H2,1-12H3/b30-20-,31-29+/t32-/m1/s1. The van der Waals surface area contributed by atoms with Crippen molar-refractivity contribution in [2.75, 3.05) is 6.61 Å². The molecule has 0 spiro atoms. The van der Waals surface area contributed by atoms with Crippen LogP contribution in [-0.4, -0.2) is 37.4 Å². The summed E-state index contributed by atoms with van der Waals surface area (Å²) in [6.07, 6.45) is 7.96. The highest BCUT2D eigenvalue weighted by molar-refractivity contribution is 6.99. The number of hydrogen-bond acceptors (Lipinski definition) is 2. The fourth-order valence-electron chi connectivity index (χ4n) is 5.79. The summed E-state index contributed by atoms with van der Waals surface area (Å²) in [5.41, 5.74) is 6.87. The highest BCUT2D eigenvalue weighted by Gasteiger charge is 2.51. The molecule has 0 aliphatic heterocycles. The van der Waals surface area contributed by atoms with E-state index in [0.717, 1.165) is 25.9 Å². The van der Waals surface area contributed by atoms with Crippen LogP contribution in [0.4, 0.5) is 0 Å². The molecule has 0 aromatic heterocycles. The largest absolute Gasteiger partial charge is 0.417 e. The van der Waals surface area contributed by atoms with Gasteiger partial charge in [0, 0.05) is 6.61 Å². The topological polar surface area (TPSA) is 18.5 Å². The zero-order valence-corrected chi connectivity index (χ0v) is 31.7. The predicted octanol–water partition coefficient (Wildman–Crippen LogP) is 9.81. The Morgan fingerprint density at radius 3 is 1.79 bits per heavy atom. The number of hydrogen-bond donors (Lipinski definition) is 0. The Hall–Kier alpha value is -1.77. The van der Waals surface area contributed by atoms with Crippen molar-refractivity contribution in [2.45, 2.75) is 117 Å². The van der Waals surface area contributed by atoms with E-state index >= 15 is 0 Å². The zero-order valence-electron chi connectivity index (χ0n) is 28.7. The second-order valence-electron chi connectivity index (χ2n) is 15.8. The van der Waals surface area contributed by atoms with Gasteiger partial charge in [-0.1, -0.05) is 134 Å². The van der Waals surface area contributed by atoms with Gasteiger partial charge in [0.25, 0.3) is 8.32 Å². The molecule has 0 unspecified atom stereocenters. The summed E-state index contributed by atoms with van der Waals surface area (Å²) in [6.45, 7) is 29.1. The van der Waals surface area contributed by atoms with Gasteiger partial charge in [0.05, 0.1) is 14.2 Å². The molecule has 0 saturated carbocycles. The average Bonchev–Trinajstić information content (AvgIpc) is 2.89. The smallest absolute Gasteiger partial charge is 0.261 e. The predicted molar refractivity (Wildman–Crippen MR) is 193 cm³/mol. The van der Waals surface area contributed by atoms with Crippen LogP contribution in [0.25, 0.3) is 0 Å². The molecule has 1 atom stereocenters. The molecule has 1 aliphatic carbocycles. The normalized spacial score (nSPS) is 18.8. The number of rotatable bonds is 10. The lowest BCUT2D eigenvalue weighted by Gasteiger charge is -2.45. The van der Waals surface area contributed by atoms with Gasteiger partial charge in [0.2, 0.25) is 0 Å². The Labute approximate surface area is 261 Å². The van der Waals surface area contributed by atoms with Crippen molar-refractivity contribution in [1.29, 1.82) is 0 Å². The van der Waals surface area contributed by atoms with Crippen molar-refractivity contribution in [1.82, 2.24) is 0 Å². The second kappa shape index (κ2) is 13.5. The molecule has 5 heteroatoms. The summed E-state index contributed by atoms with van der Waals surface area (Å²) in [7, 11) is -5.78. The third kappa shape index (κ3) is 8.44. The van der Waals surface area contributed by atoms with Crippen LogP contribution in [0.15, 0.2) is 95.2 Å². The van der Waals surface area contributed by atoms with Gasteiger partial charge in [-0.25, -0.2) is 0 Å². The first-order chi connectivity index (χ1) is 19.4. The quantitative estimate of drug-likeness (QED) is 0.195. The maximum Gasteiger partial charge on any atom is 0.261 e. The molecule has 0 amide bonds. The monoisotopic (exact) mass is 618 g/mol. The van der Waals surface area contributed by atoms with E-state index in [4.69, 9.17) is 8.85 Å². The Morgan fingerprint density at radius 1 is 0.810 bits per heavy atom. The second-order valence-corrected chi connectivity index (χ2v) is 29.8. The maximum absolute atomic E-state index is 7.58. The molecular formula is C37H58O2Si3. The first kappa shape index (κ1) is 34.7. The van der Waals surface area contributed by atoms with Gasteiger partial charge in [-0.3, -0.25) is 0 Å². The van der Waals surface area contributed by atoms with Crippen molar-refractivity contribution in [2.24, 2.45) is 0 Å². The van der Waals surface area contributed by atoms with E-state index in [-0.39, 0.29) is 16.2 Å². The Bertz CT molecular complexity index is 1210. The average molecular weight is 619 g/mol. The molecule has 3 rings (SSSR count). The molecular weight excluding hydrogens is 561 g/mol. The highest BCUT2D eigenvalue weighted by Crippen LogP contribution is 2.41. The molecule has 42 heavy (non-hydrogen) atoms. The zero-order chi connectivity index (χ0) is 31.4. The molecule has 2 aromatic carbocycles. The van der Waals surface area contributed by atoms with E-state index in [9.17, 15) is 0 Å². The summed E-state index contributed by atoms with van der Waals surface area (Å²) in [5.74, 6) is 0. The Morgan fingerprint density at radius 2 is 1.33 bits per heavy atom. The van der Waals surface area contributed by atoms with E-state index in [1.54, 1.807) is 0 Å². The summed E-state index contributed by atoms with van der Waals surface area (Å²) < 4.78 is 14.1. The van der Waals surface area contributed by atoms with Gasteiger partial charge in [0.15, 0.2) is 8.32 Å². The first-order valence-corrected chi connectivity index (χ1v) is 24.3. The SMILES string of the molecule is C/C(=C/CCO[Si](C)(C)C(C)(C)C)C1=C[C@H](O[Si](c2ccccc2)(c2ccccc2)C(C)(C)C)CC/C1=C\[Si](C)(C)C. The number of benzene rings is 2. The van der Waals surface area contributed by atoms with Gasteiger partial charge >= 0.3 is 0 Å². The highest BCUT2D eigenvalue weighted by atomic mass is 28.4. The lowest BCUT2D eigenvalue weighted by atomic mass is 9.88. The van der Waals surface area contributed by atoms with Crippen molar-refractivity contribution >= 4 is 35.1 Å². The fraction of sp³-hybridized carbons (Fsp3) is 0.514. The third-order valence-electron chi connectivity index (χ3n) is 9.01. The van der Waals surface area contributed by atoms with Gasteiger partial charge in [-0.15, -0.1) is 0 Å². The molecule has 230 valence electrons. The molecule has 2 nitrogen and oxygen atoms in total. The lowest BCUT2D eigenvalue weighted by molar-refractivity contribution is 0.219. The van der Waals surface area contributed by atoms with Crippen LogP contribution in [0.5, 0.6) is 0 Å². The van der Waals surface area contributed by atoms with E-state index in [0.29, 0.717) is 0 Å². The summed E-state index contributed by atoms with van der Waals surface area (Å²) in [4.78, 5) is 0. The molecule has 0 heterocycles. The molecule has 0 radical (unpaired) electrons. The van der Waals surface area contributed by atoms with Gasteiger partial charge in [-0.05, 0) is 82.5 Å². The van der Waals surface area contributed by atoms with Crippen LogP contribution in [0.1, 0.15) is 67.7 Å². The van der Waals surface area contributed by atoms with Crippen LogP contribution in [0, 0.1) is 0 Å². The van der Waals surface area contributed by atoms with Crippen molar-refractivity contribution in [3.63, 3.8) is 0 Å². The molecule has 2 aromatic rings. The molecule has 0 fully saturated rings. The number of allylic oxidation sites excluding steroid dienone is 3. The molecule has 0 saturated heterocycles. The minimum atomic E-state index is -2.63. The minimum absolute atomic E-state index is 0.0376. The van der Waals surface area contributed by atoms with Crippen LogP contribution in [0.3, 0.4) is 0 Å². The van der Waals surface area contributed by atoms with Crippen LogP contribution in [0.2, 0.25) is 42.8 Å². The summed E-state index contributed by atoms with van der Waals surface area (Å²) >= 11 is 0. The van der Waals surface area contributed by atoms with Crippen molar-refractivity contribution in [3.05, 3.63) is 95.2 Å². The van der Waals surface area contributed by atoms with E-state index in [2.05, 4.69) is 160 Å². The van der Waals surface area contributed by atoms with Crippen molar-refractivity contribution in [3.8, 4) is 0 Å². The van der Waals surface area contributed by atoms with Crippen molar-refractivity contribution < 1.29 is 8.85 Å². The molecule has 1 aliphatic rings. The third-order valence-corrected chi connectivity index (χ3v) is 19.8. The molecule has 0 bridgehead atoms. The lowest BCUT2D eigenvalue weighted by Crippen LogP contribution is -2.67. The maximum atomic E-state index is 7.58. The van der Waals surface area contributed by atoms with Crippen LogP contribution in [-0.2, 0) is 8.85 Å². The van der Waals surface area contributed by atoms with E-state index in [1.165, 1.54) is 27.1 Å². The van der Waals surface area contributed by atoms with Gasteiger partial charge in [0.1, 0.15) is 0 Å². The van der Waals surface area contributed by atoms with Gasteiger partial charge < -0.3 is 8.85 Å². The van der Waals surface area contributed by atoms with E-state index < -0.39 is 24.7 Å². The Balaban J connectivity index is 2.03. The van der Waals surface area contributed by atoms with Crippen LogP contribution < -0.4 is 10.4 Å².